The summed E-state index contributed by atoms with van der Waals surface area (Å²) in [5.41, 5.74) is 1.16. The zero-order valence-electron chi connectivity index (χ0n) is 17.7. The Labute approximate surface area is 187 Å². The molecule has 2 amide bonds. The van der Waals surface area contributed by atoms with Gasteiger partial charge in [0.25, 0.3) is 5.91 Å². The molecule has 33 heavy (non-hydrogen) atoms. The number of aliphatic hydroxyl groups excluding tert-OH is 1. The molecular formula is C22H22N6O5. The van der Waals surface area contributed by atoms with E-state index in [1.54, 1.807) is 42.5 Å². The second-order valence-electron chi connectivity index (χ2n) is 6.74. The van der Waals surface area contributed by atoms with Crippen molar-refractivity contribution in [3.8, 4) is 5.75 Å². The smallest absolute Gasteiger partial charge is 0.323 e. The van der Waals surface area contributed by atoms with Crippen molar-refractivity contribution in [2.75, 3.05) is 18.5 Å². The molecule has 3 rings (SSSR count). The highest BCUT2D eigenvalue weighted by Crippen LogP contribution is 2.28. The Morgan fingerprint density at radius 3 is 2.70 bits per heavy atom. The van der Waals surface area contributed by atoms with E-state index in [2.05, 4.69) is 37.4 Å². The minimum absolute atomic E-state index is 0.179. The zero-order chi connectivity index (χ0) is 23.8. The van der Waals surface area contributed by atoms with Crippen LogP contribution in [0.2, 0.25) is 0 Å². The fourth-order valence-corrected chi connectivity index (χ4v) is 2.76. The standard InChI is InChI=1S/C22H22N6O5/c1-3-19(30)23-10-11-33-18-7-5-4-6-16(18)27-28-20(13(2)29)21(31)24-14-8-9-15-17(12-14)26-22(32)25-15/h3-9,12,29H,1,10-11H2,2H3,(H,23,30)(H,24,31)(H2,25,26,32)/b20-13+,28-27?. The number of aromatic amines is 2. The van der Waals surface area contributed by atoms with Gasteiger partial charge >= 0.3 is 5.69 Å². The van der Waals surface area contributed by atoms with E-state index >= 15 is 0 Å². The highest BCUT2D eigenvalue weighted by molar-refractivity contribution is 6.04. The molecule has 1 aromatic heterocycles. The second-order valence-corrected chi connectivity index (χ2v) is 6.74. The number of nitrogens with zero attached hydrogens (tertiary/aromatic N) is 2. The molecule has 0 fully saturated rings. The van der Waals surface area contributed by atoms with Crippen molar-refractivity contribution in [3.05, 3.63) is 77.1 Å². The number of aromatic nitrogens is 2. The first-order valence-electron chi connectivity index (χ1n) is 9.84. The highest BCUT2D eigenvalue weighted by atomic mass is 16.5. The summed E-state index contributed by atoms with van der Waals surface area (Å²) in [6.45, 7) is 5.12. The van der Waals surface area contributed by atoms with Crippen LogP contribution in [0.4, 0.5) is 11.4 Å². The van der Waals surface area contributed by atoms with E-state index in [4.69, 9.17) is 4.74 Å². The Morgan fingerprint density at radius 1 is 1.18 bits per heavy atom. The Balaban J connectivity index is 1.71. The van der Waals surface area contributed by atoms with E-state index in [1.807, 2.05) is 0 Å². The van der Waals surface area contributed by atoms with Crippen molar-refractivity contribution in [2.45, 2.75) is 6.92 Å². The molecule has 0 atom stereocenters. The van der Waals surface area contributed by atoms with Crippen LogP contribution < -0.4 is 21.1 Å². The number of benzene rings is 2. The van der Waals surface area contributed by atoms with Crippen LogP contribution in [0, 0.1) is 0 Å². The van der Waals surface area contributed by atoms with Gasteiger partial charge in [0.05, 0.1) is 17.6 Å². The number of H-pyrrole nitrogens is 2. The number of allylic oxidation sites excluding steroid dienone is 1. The maximum atomic E-state index is 12.7. The van der Waals surface area contributed by atoms with E-state index in [0.29, 0.717) is 28.2 Å². The molecule has 170 valence electrons. The van der Waals surface area contributed by atoms with Gasteiger partial charge in [0, 0.05) is 5.69 Å². The van der Waals surface area contributed by atoms with Crippen LogP contribution in [0.15, 0.2) is 81.6 Å². The van der Waals surface area contributed by atoms with Crippen LogP contribution in [-0.2, 0) is 9.59 Å². The molecule has 3 aromatic rings. The number of aliphatic hydroxyl groups is 1. The summed E-state index contributed by atoms with van der Waals surface area (Å²) in [6, 6.07) is 11.5. The van der Waals surface area contributed by atoms with E-state index in [0.717, 1.165) is 6.08 Å². The summed E-state index contributed by atoms with van der Waals surface area (Å²) in [7, 11) is 0. The molecule has 0 saturated heterocycles. The Hall–Kier alpha value is -4.67. The summed E-state index contributed by atoms with van der Waals surface area (Å²) in [6.07, 6.45) is 1.16. The first kappa shape index (κ1) is 23.0. The third kappa shape index (κ3) is 6.17. The molecular weight excluding hydrogens is 428 g/mol. The molecule has 0 bridgehead atoms. The van der Waals surface area contributed by atoms with Gasteiger partial charge in [-0.15, -0.1) is 10.2 Å². The maximum Gasteiger partial charge on any atom is 0.323 e. The second kappa shape index (κ2) is 10.6. The fraction of sp³-hybridized carbons (Fsp3) is 0.136. The number of hydrogen-bond acceptors (Lipinski definition) is 7. The lowest BCUT2D eigenvalue weighted by Crippen LogP contribution is -2.26. The van der Waals surface area contributed by atoms with Gasteiger partial charge in [-0.1, -0.05) is 18.7 Å². The summed E-state index contributed by atoms with van der Waals surface area (Å²) in [4.78, 5) is 40.5. The maximum absolute atomic E-state index is 12.7. The lowest BCUT2D eigenvalue weighted by molar-refractivity contribution is -0.116. The van der Waals surface area contributed by atoms with Gasteiger partial charge in [-0.25, -0.2) is 4.79 Å². The van der Waals surface area contributed by atoms with Crippen LogP contribution in [0.1, 0.15) is 6.92 Å². The van der Waals surface area contributed by atoms with Gasteiger partial charge in [-0.2, -0.15) is 0 Å². The van der Waals surface area contributed by atoms with Crippen molar-refractivity contribution >= 4 is 34.2 Å². The van der Waals surface area contributed by atoms with E-state index in [1.165, 1.54) is 6.92 Å². The first-order valence-corrected chi connectivity index (χ1v) is 9.84. The third-order valence-corrected chi connectivity index (χ3v) is 4.30. The number of fused-ring (bicyclic) bond motifs is 1. The van der Waals surface area contributed by atoms with Gasteiger partial charge in [0.15, 0.2) is 5.70 Å². The monoisotopic (exact) mass is 450 g/mol. The van der Waals surface area contributed by atoms with Crippen molar-refractivity contribution in [1.29, 1.82) is 0 Å². The normalized spacial score (nSPS) is 11.8. The molecule has 5 N–H and O–H groups in total. The summed E-state index contributed by atoms with van der Waals surface area (Å²) in [5.74, 6) is -0.960. The number of azo groups is 1. The molecule has 0 radical (unpaired) electrons. The molecule has 1 heterocycles. The predicted octanol–water partition coefficient (Wildman–Crippen LogP) is 3.05. The fourth-order valence-electron chi connectivity index (χ4n) is 2.76. The minimum atomic E-state index is -0.693. The van der Waals surface area contributed by atoms with Crippen LogP contribution in [-0.4, -0.2) is 40.0 Å². The molecule has 0 aliphatic rings. The molecule has 0 aliphatic heterocycles. The lowest BCUT2D eigenvalue weighted by Gasteiger charge is -2.09. The number of carbonyl (C=O) groups excluding carboxylic acids is 2. The van der Waals surface area contributed by atoms with Gasteiger partial charge < -0.3 is 30.4 Å². The van der Waals surface area contributed by atoms with Crippen LogP contribution in [0.3, 0.4) is 0 Å². The molecule has 0 saturated carbocycles. The molecule has 2 aromatic carbocycles. The Bertz CT molecular complexity index is 1300. The Kier molecular flexibility index (Phi) is 7.37. The number of ether oxygens (including phenoxy) is 1. The number of anilines is 1. The number of carbonyl (C=O) groups is 2. The van der Waals surface area contributed by atoms with Crippen molar-refractivity contribution in [1.82, 2.24) is 15.3 Å². The molecule has 11 heteroatoms. The van der Waals surface area contributed by atoms with E-state index < -0.39 is 5.91 Å². The largest absolute Gasteiger partial charge is 0.510 e. The lowest BCUT2D eigenvalue weighted by atomic mass is 10.2. The van der Waals surface area contributed by atoms with E-state index in [9.17, 15) is 19.5 Å². The van der Waals surface area contributed by atoms with Crippen LogP contribution in [0.5, 0.6) is 5.75 Å². The molecule has 0 spiro atoms. The number of imidazole rings is 1. The van der Waals surface area contributed by atoms with Crippen molar-refractivity contribution in [2.24, 2.45) is 10.2 Å². The molecule has 11 nitrogen and oxygen atoms in total. The number of hydrogen-bond donors (Lipinski definition) is 5. The van der Waals surface area contributed by atoms with Gasteiger partial charge in [0.1, 0.15) is 23.8 Å². The number of nitrogens with one attached hydrogen (secondary N) is 4. The SMILES string of the molecule is C=CC(=O)NCCOc1ccccc1N=N/C(C(=O)Nc1ccc2[nH]c(=O)[nH]c2c1)=C(\C)O. The molecule has 0 unspecified atom stereocenters. The van der Waals surface area contributed by atoms with Crippen LogP contribution in [0.25, 0.3) is 11.0 Å². The quantitative estimate of drug-likeness (QED) is 0.146. The summed E-state index contributed by atoms with van der Waals surface area (Å²) < 4.78 is 5.61. The number of amides is 2. The summed E-state index contributed by atoms with van der Waals surface area (Å²) in [5, 5.41) is 23.1. The van der Waals surface area contributed by atoms with Crippen molar-refractivity contribution < 1.29 is 19.4 Å². The highest BCUT2D eigenvalue weighted by Gasteiger charge is 2.14. The topological polar surface area (TPSA) is 161 Å². The molecule has 0 aliphatic carbocycles. The Morgan fingerprint density at radius 2 is 1.94 bits per heavy atom. The van der Waals surface area contributed by atoms with Crippen LogP contribution >= 0.6 is 0 Å². The average molecular weight is 450 g/mol. The van der Waals surface area contributed by atoms with Crippen molar-refractivity contribution in [3.63, 3.8) is 0 Å². The number of rotatable bonds is 9. The third-order valence-electron chi connectivity index (χ3n) is 4.30. The van der Waals surface area contributed by atoms with Gasteiger partial charge in [0.2, 0.25) is 5.91 Å². The van der Waals surface area contributed by atoms with Gasteiger partial charge in [-0.3, -0.25) is 9.59 Å². The first-order chi connectivity index (χ1) is 15.9. The zero-order valence-corrected chi connectivity index (χ0v) is 17.7. The summed E-state index contributed by atoms with van der Waals surface area (Å²) >= 11 is 0. The van der Waals surface area contributed by atoms with Gasteiger partial charge in [-0.05, 0) is 43.3 Å². The average Bonchev–Trinajstić information content (AvgIpc) is 3.16. The van der Waals surface area contributed by atoms with E-state index in [-0.39, 0.29) is 36.2 Å². The predicted molar refractivity (Wildman–Crippen MR) is 123 cm³/mol. The number of para-hydroxylation sites is 1. The minimum Gasteiger partial charge on any atom is -0.510 e.